The van der Waals surface area contributed by atoms with Crippen LogP contribution in [0.25, 0.3) is 0 Å². The van der Waals surface area contributed by atoms with Crippen LogP contribution in [0, 0.1) is 11.3 Å². The van der Waals surface area contributed by atoms with E-state index in [0.29, 0.717) is 11.5 Å². The second-order valence-electron chi connectivity index (χ2n) is 7.38. The summed E-state index contributed by atoms with van der Waals surface area (Å²) in [5.41, 5.74) is 6.68. The smallest absolute Gasteiger partial charge is 0.0808 e. The maximum Gasteiger partial charge on any atom is 0.0808 e. The predicted octanol–water partition coefficient (Wildman–Crippen LogP) is 3.50. The van der Waals surface area contributed by atoms with Crippen LogP contribution in [0.15, 0.2) is 0 Å². The molecule has 0 bridgehead atoms. The number of rotatable bonds is 5. The highest BCUT2D eigenvalue weighted by Gasteiger charge is 2.36. The quantitative estimate of drug-likeness (QED) is 0.840. The summed E-state index contributed by atoms with van der Waals surface area (Å²) < 4.78 is 11.9. The van der Waals surface area contributed by atoms with Crippen molar-refractivity contribution in [3.63, 3.8) is 0 Å². The van der Waals surface area contributed by atoms with Crippen molar-refractivity contribution in [2.45, 2.75) is 84.0 Å². The lowest BCUT2D eigenvalue weighted by atomic mass is 9.68. The van der Waals surface area contributed by atoms with Crippen LogP contribution in [0.1, 0.15) is 65.7 Å². The molecule has 1 saturated heterocycles. The van der Waals surface area contributed by atoms with Crippen molar-refractivity contribution in [3.8, 4) is 0 Å². The Kier molecular flexibility index (Phi) is 5.88. The Hall–Kier alpha value is -0.120. The van der Waals surface area contributed by atoms with Gasteiger partial charge >= 0.3 is 0 Å². The minimum Gasteiger partial charge on any atom is -0.376 e. The molecule has 1 aliphatic heterocycles. The molecule has 4 unspecified atom stereocenters. The van der Waals surface area contributed by atoms with Crippen LogP contribution in [0.3, 0.4) is 0 Å². The summed E-state index contributed by atoms with van der Waals surface area (Å²) in [4.78, 5) is 0. The van der Waals surface area contributed by atoms with E-state index in [9.17, 15) is 0 Å². The van der Waals surface area contributed by atoms with Crippen molar-refractivity contribution in [1.29, 1.82) is 0 Å². The van der Waals surface area contributed by atoms with E-state index < -0.39 is 0 Å². The molecule has 1 saturated carbocycles. The van der Waals surface area contributed by atoms with Crippen molar-refractivity contribution < 1.29 is 9.47 Å². The number of ether oxygens (including phenoxy) is 2. The first-order valence-corrected chi connectivity index (χ1v) is 8.51. The van der Waals surface area contributed by atoms with Crippen molar-refractivity contribution >= 4 is 0 Å². The van der Waals surface area contributed by atoms with Crippen LogP contribution in [0.2, 0.25) is 0 Å². The van der Waals surface area contributed by atoms with Gasteiger partial charge in [-0.25, -0.2) is 0 Å². The molecule has 118 valence electrons. The van der Waals surface area contributed by atoms with Gasteiger partial charge in [-0.2, -0.15) is 0 Å². The fraction of sp³-hybridized carbons (Fsp3) is 1.00. The molecule has 2 N–H and O–H groups in total. The minimum absolute atomic E-state index is 0.211. The van der Waals surface area contributed by atoms with Crippen LogP contribution < -0.4 is 5.73 Å². The summed E-state index contributed by atoms with van der Waals surface area (Å²) in [5.74, 6) is 0.740. The average Bonchev–Trinajstić information content (AvgIpc) is 2.47. The lowest BCUT2D eigenvalue weighted by Gasteiger charge is -2.42. The lowest BCUT2D eigenvalue weighted by molar-refractivity contribution is -0.0860. The van der Waals surface area contributed by atoms with Crippen molar-refractivity contribution in [1.82, 2.24) is 0 Å². The van der Waals surface area contributed by atoms with E-state index in [2.05, 4.69) is 20.8 Å². The number of nitrogens with two attached hydrogens (primary N) is 1. The monoisotopic (exact) mass is 283 g/mol. The minimum atomic E-state index is 0.211. The van der Waals surface area contributed by atoms with Gasteiger partial charge in [-0.05, 0) is 49.9 Å². The average molecular weight is 283 g/mol. The Balaban J connectivity index is 1.82. The van der Waals surface area contributed by atoms with E-state index in [1.165, 1.54) is 25.7 Å². The van der Waals surface area contributed by atoms with Gasteiger partial charge in [0, 0.05) is 12.6 Å². The fourth-order valence-electron chi connectivity index (χ4n) is 3.51. The molecule has 3 heteroatoms. The van der Waals surface area contributed by atoms with E-state index in [4.69, 9.17) is 15.2 Å². The lowest BCUT2D eigenvalue weighted by Crippen LogP contribution is -2.46. The van der Waals surface area contributed by atoms with Crippen LogP contribution >= 0.6 is 0 Å². The zero-order valence-corrected chi connectivity index (χ0v) is 13.6. The first-order chi connectivity index (χ1) is 9.53. The molecule has 1 heterocycles. The molecule has 2 fully saturated rings. The molecule has 0 radical (unpaired) electrons. The van der Waals surface area contributed by atoms with E-state index in [0.717, 1.165) is 38.4 Å². The van der Waals surface area contributed by atoms with E-state index in [-0.39, 0.29) is 12.1 Å². The molecule has 0 aromatic heterocycles. The third-order valence-electron chi connectivity index (χ3n) is 5.63. The van der Waals surface area contributed by atoms with Gasteiger partial charge < -0.3 is 15.2 Å². The van der Waals surface area contributed by atoms with Gasteiger partial charge in [0.05, 0.1) is 18.8 Å². The topological polar surface area (TPSA) is 44.5 Å². The van der Waals surface area contributed by atoms with E-state index >= 15 is 0 Å². The normalized spacial score (nSPS) is 36.0. The van der Waals surface area contributed by atoms with Gasteiger partial charge in [-0.1, -0.05) is 27.2 Å². The predicted molar refractivity (Wildman–Crippen MR) is 82.7 cm³/mol. The molecule has 2 rings (SSSR count). The van der Waals surface area contributed by atoms with Gasteiger partial charge in [-0.3, -0.25) is 0 Å². The van der Waals surface area contributed by atoms with Crippen molar-refractivity contribution in [3.05, 3.63) is 0 Å². The van der Waals surface area contributed by atoms with Gasteiger partial charge in [0.1, 0.15) is 0 Å². The SMILES string of the molecule is CCC(C)(C)C1CCC(N)C(OCC2CCCCO2)C1. The molecule has 20 heavy (non-hydrogen) atoms. The Bertz CT molecular complexity index is 287. The Labute approximate surface area is 124 Å². The number of hydrogen-bond donors (Lipinski definition) is 1. The van der Waals surface area contributed by atoms with Crippen LogP contribution in [0.5, 0.6) is 0 Å². The second-order valence-corrected chi connectivity index (χ2v) is 7.38. The molecule has 0 aromatic rings. The largest absolute Gasteiger partial charge is 0.376 e. The Morgan fingerprint density at radius 2 is 2.00 bits per heavy atom. The zero-order valence-electron chi connectivity index (χ0n) is 13.6. The summed E-state index contributed by atoms with van der Waals surface area (Å²) in [5, 5.41) is 0. The van der Waals surface area contributed by atoms with Crippen molar-refractivity contribution in [2.75, 3.05) is 13.2 Å². The summed E-state index contributed by atoms with van der Waals surface area (Å²) in [6.07, 6.45) is 8.85. The van der Waals surface area contributed by atoms with Crippen LogP contribution in [-0.4, -0.2) is 31.5 Å². The molecule has 4 atom stereocenters. The molecule has 1 aliphatic carbocycles. The summed E-state index contributed by atoms with van der Waals surface area (Å²) in [7, 11) is 0. The summed E-state index contributed by atoms with van der Waals surface area (Å²) >= 11 is 0. The number of hydrogen-bond acceptors (Lipinski definition) is 3. The zero-order chi connectivity index (χ0) is 14.6. The van der Waals surface area contributed by atoms with E-state index in [1.807, 2.05) is 0 Å². The van der Waals surface area contributed by atoms with Gasteiger partial charge in [0.2, 0.25) is 0 Å². The standard InChI is InChI=1S/C17H33NO2/c1-4-17(2,3)13-8-9-15(18)16(11-13)20-12-14-7-5-6-10-19-14/h13-16H,4-12,18H2,1-3H3. The van der Waals surface area contributed by atoms with Crippen LogP contribution in [0.4, 0.5) is 0 Å². The van der Waals surface area contributed by atoms with Gasteiger partial charge in [0.25, 0.3) is 0 Å². The maximum absolute atomic E-state index is 6.28. The van der Waals surface area contributed by atoms with Crippen molar-refractivity contribution in [2.24, 2.45) is 17.1 Å². The molecule has 0 aromatic carbocycles. The first kappa shape index (κ1) is 16.3. The third-order valence-corrected chi connectivity index (χ3v) is 5.63. The highest BCUT2D eigenvalue weighted by Crippen LogP contribution is 2.41. The van der Waals surface area contributed by atoms with E-state index in [1.54, 1.807) is 0 Å². The third kappa shape index (κ3) is 4.19. The molecular formula is C17H33NO2. The summed E-state index contributed by atoms with van der Waals surface area (Å²) in [6, 6.07) is 0.211. The molecule has 0 amide bonds. The van der Waals surface area contributed by atoms with Crippen LogP contribution in [-0.2, 0) is 9.47 Å². The fourth-order valence-corrected chi connectivity index (χ4v) is 3.51. The second kappa shape index (κ2) is 7.24. The van der Waals surface area contributed by atoms with Gasteiger partial charge in [0.15, 0.2) is 0 Å². The maximum atomic E-state index is 6.28. The Morgan fingerprint density at radius 1 is 1.20 bits per heavy atom. The first-order valence-electron chi connectivity index (χ1n) is 8.51. The molecular weight excluding hydrogens is 250 g/mol. The highest BCUT2D eigenvalue weighted by atomic mass is 16.5. The van der Waals surface area contributed by atoms with Gasteiger partial charge in [-0.15, -0.1) is 0 Å². The summed E-state index contributed by atoms with van der Waals surface area (Å²) in [6.45, 7) is 8.69. The molecule has 2 aliphatic rings. The molecule has 3 nitrogen and oxygen atoms in total. The highest BCUT2D eigenvalue weighted by molar-refractivity contribution is 4.89. The Morgan fingerprint density at radius 3 is 2.65 bits per heavy atom. The molecule has 0 spiro atoms.